The fourth-order valence-electron chi connectivity index (χ4n) is 2.96. The Morgan fingerprint density at radius 1 is 1.46 bits per heavy atom. The number of amides is 1. The molecule has 1 fully saturated rings. The molecule has 0 bridgehead atoms. The summed E-state index contributed by atoms with van der Waals surface area (Å²) in [6.07, 6.45) is 3.60. The molecule has 0 radical (unpaired) electrons. The number of carbonyl (C=O) groups is 1. The number of carbonyl (C=O) groups excluding carboxylic acids is 1. The topological polar surface area (TPSA) is 77.0 Å². The van der Waals surface area contributed by atoms with E-state index in [2.05, 4.69) is 23.9 Å². The van der Waals surface area contributed by atoms with Crippen LogP contribution in [0.25, 0.3) is 11.0 Å². The molecule has 0 spiro atoms. The number of aromatic nitrogens is 3. The van der Waals surface area contributed by atoms with E-state index < -0.39 is 0 Å². The number of likely N-dealkylation sites (tertiary alicyclic amines) is 1. The Labute approximate surface area is 154 Å². The number of halogens is 2. The van der Waals surface area contributed by atoms with Gasteiger partial charge in [0, 0.05) is 24.8 Å². The van der Waals surface area contributed by atoms with Gasteiger partial charge >= 0.3 is 0 Å². The summed E-state index contributed by atoms with van der Waals surface area (Å²) < 4.78 is 1.91. The number of hydrogen-bond donors (Lipinski definition) is 1. The van der Waals surface area contributed by atoms with Gasteiger partial charge in [-0.2, -0.15) is 5.10 Å². The fraction of sp³-hybridized carbons (Fsp3) is 0.562. The fourth-order valence-corrected chi connectivity index (χ4v) is 2.96. The van der Waals surface area contributed by atoms with Crippen molar-refractivity contribution in [2.24, 2.45) is 5.73 Å². The molecule has 1 aliphatic rings. The molecule has 0 saturated carbocycles. The summed E-state index contributed by atoms with van der Waals surface area (Å²) in [5.41, 5.74) is 8.24. The number of hydrogen-bond acceptors (Lipinski definition) is 4. The summed E-state index contributed by atoms with van der Waals surface area (Å²) >= 11 is 0. The maximum absolute atomic E-state index is 12.8. The number of pyridine rings is 1. The van der Waals surface area contributed by atoms with Gasteiger partial charge in [-0.25, -0.2) is 9.67 Å². The van der Waals surface area contributed by atoms with Crippen LogP contribution in [0.4, 0.5) is 0 Å². The second kappa shape index (κ2) is 8.14. The summed E-state index contributed by atoms with van der Waals surface area (Å²) in [5, 5.41) is 5.28. The van der Waals surface area contributed by atoms with Crippen molar-refractivity contribution in [1.29, 1.82) is 0 Å². The number of nitrogens with two attached hydrogens (primary N) is 1. The van der Waals surface area contributed by atoms with E-state index in [9.17, 15) is 4.79 Å². The molecule has 3 heterocycles. The van der Waals surface area contributed by atoms with Gasteiger partial charge in [-0.05, 0) is 32.8 Å². The van der Waals surface area contributed by atoms with Crippen LogP contribution < -0.4 is 5.73 Å². The van der Waals surface area contributed by atoms with Gasteiger partial charge in [0.2, 0.25) is 0 Å². The van der Waals surface area contributed by atoms with Gasteiger partial charge < -0.3 is 10.6 Å². The lowest BCUT2D eigenvalue weighted by Gasteiger charge is -2.17. The van der Waals surface area contributed by atoms with Gasteiger partial charge in [0.1, 0.15) is 0 Å². The highest BCUT2D eigenvalue weighted by molar-refractivity contribution is 6.05. The van der Waals surface area contributed by atoms with Crippen LogP contribution in [0.2, 0.25) is 0 Å². The van der Waals surface area contributed by atoms with Crippen molar-refractivity contribution in [1.82, 2.24) is 19.7 Å². The second-order valence-corrected chi connectivity index (χ2v) is 6.19. The summed E-state index contributed by atoms with van der Waals surface area (Å²) in [5.74, 6) is 0.0344. The third-order valence-corrected chi connectivity index (χ3v) is 4.45. The van der Waals surface area contributed by atoms with E-state index in [4.69, 9.17) is 5.73 Å². The highest BCUT2D eigenvalue weighted by atomic mass is 35.5. The predicted molar refractivity (Wildman–Crippen MR) is 100 cm³/mol. The Balaban J connectivity index is 0.00000144. The van der Waals surface area contributed by atoms with Crippen LogP contribution in [-0.4, -0.2) is 44.7 Å². The monoisotopic (exact) mass is 373 g/mol. The molecule has 0 aromatic carbocycles. The lowest BCUT2D eigenvalue weighted by Crippen LogP contribution is -2.32. The maximum atomic E-state index is 12.8. The largest absolute Gasteiger partial charge is 0.337 e. The first-order chi connectivity index (χ1) is 10.5. The Hall–Kier alpha value is -1.37. The van der Waals surface area contributed by atoms with Gasteiger partial charge in [-0.15, -0.1) is 24.8 Å². The van der Waals surface area contributed by atoms with Crippen molar-refractivity contribution in [2.75, 3.05) is 13.1 Å². The highest BCUT2D eigenvalue weighted by Crippen LogP contribution is 2.24. The Morgan fingerprint density at radius 2 is 2.17 bits per heavy atom. The predicted octanol–water partition coefficient (Wildman–Crippen LogP) is 2.73. The molecule has 2 N–H and O–H groups in total. The van der Waals surface area contributed by atoms with E-state index in [0.717, 1.165) is 36.1 Å². The van der Waals surface area contributed by atoms with Gasteiger partial charge in [0.15, 0.2) is 5.65 Å². The Morgan fingerprint density at radius 3 is 2.75 bits per heavy atom. The van der Waals surface area contributed by atoms with E-state index in [0.29, 0.717) is 12.1 Å². The van der Waals surface area contributed by atoms with Crippen molar-refractivity contribution in [3.63, 3.8) is 0 Å². The molecule has 1 amide bonds. The molecule has 0 aliphatic carbocycles. The molecule has 1 saturated heterocycles. The zero-order valence-corrected chi connectivity index (χ0v) is 15.9. The summed E-state index contributed by atoms with van der Waals surface area (Å²) in [4.78, 5) is 19.2. The van der Waals surface area contributed by atoms with Gasteiger partial charge in [-0.3, -0.25) is 4.79 Å². The molecule has 1 aliphatic heterocycles. The lowest BCUT2D eigenvalue weighted by molar-refractivity contribution is 0.0792. The quantitative estimate of drug-likeness (QED) is 0.896. The third-order valence-electron chi connectivity index (χ3n) is 4.45. The van der Waals surface area contributed by atoms with Gasteiger partial charge in [-0.1, -0.05) is 6.92 Å². The average Bonchev–Trinajstić information content (AvgIpc) is 3.11. The second-order valence-electron chi connectivity index (χ2n) is 6.19. The number of rotatable bonds is 3. The molecule has 2 aromatic rings. The van der Waals surface area contributed by atoms with Crippen LogP contribution >= 0.6 is 24.8 Å². The van der Waals surface area contributed by atoms with Crippen LogP contribution in [0.5, 0.6) is 0 Å². The lowest BCUT2D eigenvalue weighted by atomic mass is 10.1. The zero-order chi connectivity index (χ0) is 15.9. The van der Waals surface area contributed by atoms with Crippen molar-refractivity contribution < 1.29 is 4.79 Å². The summed E-state index contributed by atoms with van der Waals surface area (Å²) in [6.45, 7) is 7.49. The molecule has 24 heavy (non-hydrogen) atoms. The maximum Gasteiger partial charge on any atom is 0.254 e. The SMILES string of the molecule is CCC(C)n1ncc2c(C(=O)N3CC[C@@H](N)C3)cc(C)nc21.Cl.Cl. The molecule has 1 unspecified atom stereocenters. The molecule has 2 aromatic heterocycles. The molecule has 6 nitrogen and oxygen atoms in total. The number of aryl methyl sites for hydroxylation is 1. The van der Waals surface area contributed by atoms with Crippen LogP contribution in [0.3, 0.4) is 0 Å². The molecule has 3 rings (SSSR count). The highest BCUT2D eigenvalue weighted by Gasteiger charge is 2.27. The Kier molecular flexibility index (Phi) is 7.01. The van der Waals surface area contributed by atoms with E-state index >= 15 is 0 Å². The van der Waals surface area contributed by atoms with Crippen LogP contribution in [0, 0.1) is 6.92 Å². The molecule has 8 heteroatoms. The minimum absolute atomic E-state index is 0. The Bertz CT molecular complexity index is 718. The van der Waals surface area contributed by atoms with Crippen LogP contribution in [0.1, 0.15) is 48.8 Å². The zero-order valence-electron chi connectivity index (χ0n) is 14.2. The van der Waals surface area contributed by atoms with Crippen molar-refractivity contribution in [3.05, 3.63) is 23.5 Å². The van der Waals surface area contributed by atoms with Crippen LogP contribution in [0.15, 0.2) is 12.3 Å². The number of nitrogens with zero attached hydrogens (tertiary/aromatic N) is 4. The molecular weight excluding hydrogens is 349 g/mol. The number of fused-ring (bicyclic) bond motifs is 1. The smallest absolute Gasteiger partial charge is 0.254 e. The first kappa shape index (κ1) is 20.7. The molecular formula is C16H25Cl2N5O. The van der Waals surface area contributed by atoms with Gasteiger partial charge in [0.05, 0.1) is 23.2 Å². The van der Waals surface area contributed by atoms with Crippen LogP contribution in [-0.2, 0) is 0 Å². The first-order valence-corrected chi connectivity index (χ1v) is 7.91. The molecule has 134 valence electrons. The van der Waals surface area contributed by atoms with E-state index in [1.165, 1.54) is 0 Å². The minimum atomic E-state index is 0. The summed E-state index contributed by atoms with van der Waals surface area (Å²) in [6, 6.07) is 2.21. The van der Waals surface area contributed by atoms with E-state index in [1.807, 2.05) is 22.6 Å². The average molecular weight is 374 g/mol. The van der Waals surface area contributed by atoms with Crippen molar-refractivity contribution in [2.45, 2.75) is 45.7 Å². The normalized spacial score (nSPS) is 18.2. The van der Waals surface area contributed by atoms with E-state index in [-0.39, 0.29) is 42.8 Å². The van der Waals surface area contributed by atoms with Crippen molar-refractivity contribution in [3.8, 4) is 0 Å². The first-order valence-electron chi connectivity index (χ1n) is 7.91. The van der Waals surface area contributed by atoms with Gasteiger partial charge in [0.25, 0.3) is 5.91 Å². The van der Waals surface area contributed by atoms with Crippen molar-refractivity contribution >= 4 is 41.8 Å². The van der Waals surface area contributed by atoms with E-state index in [1.54, 1.807) is 6.20 Å². The third kappa shape index (κ3) is 3.66. The molecule has 2 atom stereocenters. The summed E-state index contributed by atoms with van der Waals surface area (Å²) in [7, 11) is 0. The standard InChI is InChI=1S/C16H23N5O.2ClH/c1-4-11(3)21-15-14(8-18-21)13(7-10(2)19-15)16(22)20-6-5-12(17)9-20;;/h7-8,11-12H,4-6,9,17H2,1-3H3;2*1H/t11?,12-;;/m1../s1. The minimum Gasteiger partial charge on any atom is -0.337 e.